The van der Waals surface area contributed by atoms with E-state index in [0.717, 1.165) is 23.4 Å². The Hall–Kier alpha value is -7.74. The molecule has 0 saturated heterocycles. The van der Waals surface area contributed by atoms with Crippen LogP contribution in [0.5, 0.6) is 0 Å². The van der Waals surface area contributed by atoms with E-state index in [1.807, 2.05) is 0 Å². The van der Waals surface area contributed by atoms with Crippen LogP contribution in [0.4, 0.5) is 17.1 Å². The standard InChI is InChI=1S/C72H57N/c1-70(2)60-27-10-8-24-58(60)69-64(70)30-16-32-67(69)73(66-31-13-9-23-56(66)57-26-15-20-49-19-14-25-52(68(49)57)48-17-4-3-5-18-48)51-34-35-55-59-40-50(71-42-45-37-46(43-71)39-47(38-45)44-71)33-36-63(59)72(65(55)41-51)61-28-11-6-21-53(61)54-22-7-12-29-62(54)72/h3-36,40-41,45-47H,37-39,42-44H2,1-2H3. The van der Waals surface area contributed by atoms with Crippen LogP contribution in [0.1, 0.15) is 91.3 Å². The van der Waals surface area contributed by atoms with Crippen LogP contribution in [-0.2, 0) is 16.2 Å². The average molecular weight is 936 g/mol. The summed E-state index contributed by atoms with van der Waals surface area (Å²) in [7, 11) is 0. The number of hydrogen-bond acceptors (Lipinski definition) is 1. The molecule has 10 aromatic rings. The molecule has 350 valence electrons. The van der Waals surface area contributed by atoms with Gasteiger partial charge in [0, 0.05) is 22.2 Å². The molecule has 1 nitrogen and oxygen atoms in total. The van der Waals surface area contributed by atoms with Gasteiger partial charge in [0.25, 0.3) is 0 Å². The number of fused-ring (bicyclic) bond motifs is 14. The zero-order chi connectivity index (χ0) is 48.2. The summed E-state index contributed by atoms with van der Waals surface area (Å²) in [5.41, 5.74) is 26.1. The lowest BCUT2D eigenvalue weighted by atomic mass is 9.48. The first-order valence-electron chi connectivity index (χ1n) is 27.1. The van der Waals surface area contributed by atoms with Crippen LogP contribution in [0.15, 0.2) is 218 Å². The second-order valence-electron chi connectivity index (χ2n) is 23.3. The SMILES string of the molecule is CC1(C)c2ccccc2-c2c(N(c3ccc4c(c3)C3(c5ccccc5-c5ccccc53)c3ccc(C56CC7CC(CC(C7)C5)C6)cc3-4)c3ccccc3-c3cccc4cccc(-c5ccccc5)c34)cccc21. The molecule has 0 atom stereocenters. The average Bonchev–Trinajstić information content (AvgIpc) is 4.02. The maximum absolute atomic E-state index is 2.71. The zero-order valence-electron chi connectivity index (χ0n) is 41.7. The van der Waals surface area contributed by atoms with Crippen molar-refractivity contribution in [2.75, 3.05) is 4.90 Å². The van der Waals surface area contributed by atoms with Crippen LogP contribution in [-0.4, -0.2) is 0 Å². The summed E-state index contributed by atoms with van der Waals surface area (Å²) < 4.78 is 0. The van der Waals surface area contributed by atoms with Crippen molar-refractivity contribution in [3.05, 3.63) is 257 Å². The fourth-order valence-electron chi connectivity index (χ4n) is 16.7. The van der Waals surface area contributed by atoms with Crippen molar-refractivity contribution in [3.8, 4) is 55.6 Å². The van der Waals surface area contributed by atoms with Gasteiger partial charge in [-0.1, -0.05) is 208 Å². The van der Waals surface area contributed by atoms with E-state index in [1.54, 1.807) is 5.56 Å². The Bertz CT molecular complexity index is 3860. The minimum Gasteiger partial charge on any atom is -0.309 e. The fourth-order valence-corrected chi connectivity index (χ4v) is 16.7. The molecule has 17 rings (SSSR count). The van der Waals surface area contributed by atoms with E-state index in [1.165, 1.54) is 150 Å². The lowest BCUT2D eigenvalue weighted by Gasteiger charge is -2.57. The van der Waals surface area contributed by atoms with Crippen molar-refractivity contribution in [3.63, 3.8) is 0 Å². The number of para-hydroxylation sites is 1. The molecule has 4 bridgehead atoms. The predicted octanol–water partition coefficient (Wildman–Crippen LogP) is 18.8. The highest BCUT2D eigenvalue weighted by molar-refractivity contribution is 6.10. The molecule has 4 fully saturated rings. The van der Waals surface area contributed by atoms with Crippen LogP contribution < -0.4 is 4.90 Å². The van der Waals surface area contributed by atoms with Gasteiger partial charge in [-0.3, -0.25) is 0 Å². The normalized spacial score (nSPS) is 21.4. The Morgan fingerprint density at radius 2 is 0.904 bits per heavy atom. The zero-order valence-corrected chi connectivity index (χ0v) is 41.7. The maximum atomic E-state index is 2.71. The van der Waals surface area contributed by atoms with Gasteiger partial charge < -0.3 is 4.90 Å². The highest BCUT2D eigenvalue weighted by atomic mass is 15.1. The summed E-state index contributed by atoms with van der Waals surface area (Å²) >= 11 is 0. The second kappa shape index (κ2) is 15.2. The summed E-state index contributed by atoms with van der Waals surface area (Å²) in [6, 6.07) is 84.2. The molecule has 7 aliphatic rings. The first-order valence-corrected chi connectivity index (χ1v) is 27.1. The Balaban J connectivity index is 0.980. The van der Waals surface area contributed by atoms with Gasteiger partial charge in [0.15, 0.2) is 0 Å². The molecule has 0 aromatic heterocycles. The first kappa shape index (κ1) is 41.8. The minimum absolute atomic E-state index is 0.164. The van der Waals surface area contributed by atoms with Crippen molar-refractivity contribution in [2.24, 2.45) is 17.8 Å². The number of rotatable bonds is 6. The van der Waals surface area contributed by atoms with Gasteiger partial charge >= 0.3 is 0 Å². The maximum Gasteiger partial charge on any atom is 0.0726 e. The summed E-state index contributed by atoms with van der Waals surface area (Å²) in [6.07, 6.45) is 8.44. The topological polar surface area (TPSA) is 3.24 Å². The number of hydrogen-bond donors (Lipinski definition) is 0. The lowest BCUT2D eigenvalue weighted by molar-refractivity contribution is -0.00517. The van der Waals surface area contributed by atoms with E-state index in [2.05, 4.69) is 237 Å². The summed E-state index contributed by atoms with van der Waals surface area (Å²) in [5.74, 6) is 2.66. The monoisotopic (exact) mass is 935 g/mol. The van der Waals surface area contributed by atoms with Gasteiger partial charge in [0.1, 0.15) is 0 Å². The lowest BCUT2D eigenvalue weighted by Crippen LogP contribution is -2.48. The van der Waals surface area contributed by atoms with Crippen LogP contribution >= 0.6 is 0 Å². The molecule has 0 heterocycles. The molecule has 0 aliphatic heterocycles. The molecular weight excluding hydrogens is 879 g/mol. The van der Waals surface area contributed by atoms with Gasteiger partial charge in [0.2, 0.25) is 0 Å². The molecule has 7 aliphatic carbocycles. The van der Waals surface area contributed by atoms with E-state index >= 15 is 0 Å². The summed E-state index contributed by atoms with van der Waals surface area (Å²) in [5, 5.41) is 2.51. The van der Waals surface area contributed by atoms with Crippen LogP contribution in [0.2, 0.25) is 0 Å². The fraction of sp³-hybridized carbons (Fsp3) is 0.194. The summed E-state index contributed by atoms with van der Waals surface area (Å²) in [4.78, 5) is 2.64. The second-order valence-corrected chi connectivity index (χ2v) is 23.3. The van der Waals surface area contributed by atoms with Gasteiger partial charge in [-0.25, -0.2) is 0 Å². The molecule has 0 radical (unpaired) electrons. The van der Waals surface area contributed by atoms with Gasteiger partial charge in [0.05, 0.1) is 16.8 Å². The van der Waals surface area contributed by atoms with Crippen molar-refractivity contribution < 1.29 is 0 Å². The van der Waals surface area contributed by atoms with E-state index in [0.29, 0.717) is 5.41 Å². The van der Waals surface area contributed by atoms with Crippen LogP contribution in [0, 0.1) is 17.8 Å². The minimum atomic E-state index is -0.480. The smallest absolute Gasteiger partial charge is 0.0726 e. The molecule has 0 unspecified atom stereocenters. The molecule has 0 amide bonds. The van der Waals surface area contributed by atoms with Crippen LogP contribution in [0.3, 0.4) is 0 Å². The van der Waals surface area contributed by atoms with Crippen molar-refractivity contribution >= 4 is 27.8 Å². The highest BCUT2D eigenvalue weighted by Crippen LogP contribution is 2.66. The van der Waals surface area contributed by atoms with Crippen molar-refractivity contribution in [1.29, 1.82) is 0 Å². The van der Waals surface area contributed by atoms with E-state index in [9.17, 15) is 0 Å². The molecule has 4 saturated carbocycles. The van der Waals surface area contributed by atoms with E-state index < -0.39 is 5.41 Å². The van der Waals surface area contributed by atoms with Gasteiger partial charge in [-0.05, 0) is 180 Å². The quantitative estimate of drug-likeness (QED) is 0.161. The van der Waals surface area contributed by atoms with Gasteiger partial charge in [-0.2, -0.15) is 0 Å². The Labute approximate surface area is 429 Å². The molecule has 10 aromatic carbocycles. The predicted molar refractivity (Wildman–Crippen MR) is 303 cm³/mol. The molecular formula is C72H57N. The Kier molecular flexibility index (Phi) is 8.69. The molecule has 1 heteroatoms. The van der Waals surface area contributed by atoms with Crippen LogP contribution in [0.25, 0.3) is 66.4 Å². The number of anilines is 3. The highest BCUT2D eigenvalue weighted by Gasteiger charge is 2.55. The molecule has 1 spiro atoms. The Morgan fingerprint density at radius 3 is 1.62 bits per heavy atom. The number of benzene rings is 10. The van der Waals surface area contributed by atoms with E-state index in [-0.39, 0.29) is 5.41 Å². The van der Waals surface area contributed by atoms with E-state index in [4.69, 9.17) is 0 Å². The van der Waals surface area contributed by atoms with Crippen molar-refractivity contribution in [2.45, 2.75) is 68.6 Å². The third-order valence-corrected chi connectivity index (χ3v) is 19.2. The molecule has 73 heavy (non-hydrogen) atoms. The summed E-state index contributed by atoms with van der Waals surface area (Å²) in [6.45, 7) is 4.81. The Morgan fingerprint density at radius 1 is 0.370 bits per heavy atom. The van der Waals surface area contributed by atoms with Crippen molar-refractivity contribution in [1.82, 2.24) is 0 Å². The largest absolute Gasteiger partial charge is 0.309 e. The van der Waals surface area contributed by atoms with Gasteiger partial charge in [-0.15, -0.1) is 0 Å². The third kappa shape index (κ3) is 5.69. The third-order valence-electron chi connectivity index (χ3n) is 19.2. The number of nitrogens with zero attached hydrogens (tertiary/aromatic N) is 1. The first-order chi connectivity index (χ1) is 35.9. The molecule has 0 N–H and O–H groups in total.